The molecule has 2 N–H and O–H groups in total. The highest BCUT2D eigenvalue weighted by atomic mass is 16.5. The molecule has 0 saturated heterocycles. The van der Waals surface area contributed by atoms with E-state index in [9.17, 15) is 0 Å². The van der Waals surface area contributed by atoms with Crippen LogP contribution in [0.15, 0.2) is 60.8 Å². The molecular weight excluding hydrogens is 260 g/mol. The summed E-state index contributed by atoms with van der Waals surface area (Å²) in [6, 6.07) is 18.2. The molecule has 0 aliphatic heterocycles. The van der Waals surface area contributed by atoms with Gasteiger partial charge >= 0.3 is 0 Å². The van der Waals surface area contributed by atoms with Crippen LogP contribution in [-0.4, -0.2) is 11.0 Å². The van der Waals surface area contributed by atoms with Crippen LogP contribution in [0.1, 0.15) is 12.5 Å². The summed E-state index contributed by atoms with van der Waals surface area (Å²) in [6.45, 7) is 2.00. The SMILES string of the molecule is CC(N)Cc1cccc(Oc2cnc3ccccc3c2)c1. The van der Waals surface area contributed by atoms with Gasteiger partial charge in [-0.1, -0.05) is 30.3 Å². The number of hydrogen-bond donors (Lipinski definition) is 1. The molecule has 1 atom stereocenters. The van der Waals surface area contributed by atoms with Crippen molar-refractivity contribution in [2.75, 3.05) is 0 Å². The molecule has 3 nitrogen and oxygen atoms in total. The first-order valence-electron chi connectivity index (χ1n) is 7.08. The molecule has 0 radical (unpaired) electrons. The summed E-state index contributed by atoms with van der Waals surface area (Å²) in [5.41, 5.74) is 7.98. The monoisotopic (exact) mass is 278 g/mol. The fourth-order valence-corrected chi connectivity index (χ4v) is 2.35. The largest absolute Gasteiger partial charge is 0.456 e. The van der Waals surface area contributed by atoms with Crippen molar-refractivity contribution in [1.82, 2.24) is 4.98 Å². The zero-order valence-corrected chi connectivity index (χ0v) is 12.0. The van der Waals surface area contributed by atoms with Gasteiger partial charge in [0.05, 0.1) is 11.7 Å². The van der Waals surface area contributed by atoms with Crippen molar-refractivity contribution in [3.63, 3.8) is 0 Å². The van der Waals surface area contributed by atoms with E-state index in [1.54, 1.807) is 6.20 Å². The highest BCUT2D eigenvalue weighted by molar-refractivity contribution is 5.79. The number of benzene rings is 2. The zero-order chi connectivity index (χ0) is 14.7. The minimum Gasteiger partial charge on any atom is -0.456 e. The average molecular weight is 278 g/mol. The number of pyridine rings is 1. The maximum atomic E-state index is 5.91. The van der Waals surface area contributed by atoms with E-state index >= 15 is 0 Å². The number of hydrogen-bond acceptors (Lipinski definition) is 3. The predicted molar refractivity (Wildman–Crippen MR) is 85.6 cm³/mol. The lowest BCUT2D eigenvalue weighted by molar-refractivity contribution is 0.480. The highest BCUT2D eigenvalue weighted by Crippen LogP contribution is 2.24. The van der Waals surface area contributed by atoms with Crippen molar-refractivity contribution >= 4 is 10.9 Å². The third-order valence-corrected chi connectivity index (χ3v) is 3.26. The number of para-hydroxylation sites is 1. The number of fused-ring (bicyclic) bond motifs is 1. The van der Waals surface area contributed by atoms with Crippen LogP contribution in [0.3, 0.4) is 0 Å². The van der Waals surface area contributed by atoms with Crippen molar-refractivity contribution in [2.24, 2.45) is 5.73 Å². The fraction of sp³-hybridized carbons (Fsp3) is 0.167. The van der Waals surface area contributed by atoms with Gasteiger partial charge in [0, 0.05) is 11.4 Å². The Morgan fingerprint density at radius 1 is 1.05 bits per heavy atom. The van der Waals surface area contributed by atoms with E-state index in [2.05, 4.69) is 11.1 Å². The normalized spacial score (nSPS) is 12.3. The second-order valence-electron chi connectivity index (χ2n) is 5.29. The van der Waals surface area contributed by atoms with E-state index in [-0.39, 0.29) is 6.04 Å². The fourth-order valence-electron chi connectivity index (χ4n) is 2.35. The lowest BCUT2D eigenvalue weighted by Crippen LogP contribution is -2.17. The van der Waals surface area contributed by atoms with Gasteiger partial charge in [-0.25, -0.2) is 0 Å². The van der Waals surface area contributed by atoms with Gasteiger partial charge in [-0.15, -0.1) is 0 Å². The maximum absolute atomic E-state index is 5.91. The summed E-state index contributed by atoms with van der Waals surface area (Å²) in [7, 11) is 0. The summed E-state index contributed by atoms with van der Waals surface area (Å²) in [5, 5.41) is 1.07. The second kappa shape index (κ2) is 5.94. The first kappa shape index (κ1) is 13.6. The molecule has 2 aromatic carbocycles. The molecule has 0 bridgehead atoms. The lowest BCUT2D eigenvalue weighted by atomic mass is 10.1. The third-order valence-electron chi connectivity index (χ3n) is 3.26. The minimum absolute atomic E-state index is 0.141. The molecule has 3 heteroatoms. The number of ether oxygens (including phenoxy) is 1. The molecular formula is C18H18N2O. The molecule has 0 saturated carbocycles. The van der Waals surface area contributed by atoms with E-state index in [0.717, 1.165) is 28.8 Å². The van der Waals surface area contributed by atoms with Crippen molar-refractivity contribution in [3.05, 3.63) is 66.4 Å². The van der Waals surface area contributed by atoms with Crippen LogP contribution in [0.25, 0.3) is 10.9 Å². The van der Waals surface area contributed by atoms with Gasteiger partial charge in [-0.2, -0.15) is 0 Å². The Balaban J connectivity index is 1.84. The molecule has 106 valence electrons. The summed E-state index contributed by atoms with van der Waals surface area (Å²) >= 11 is 0. The lowest BCUT2D eigenvalue weighted by Gasteiger charge is -2.09. The Hall–Kier alpha value is -2.39. The Morgan fingerprint density at radius 2 is 1.90 bits per heavy atom. The van der Waals surface area contributed by atoms with Gasteiger partial charge in [-0.05, 0) is 43.2 Å². The Kier molecular flexibility index (Phi) is 3.84. The van der Waals surface area contributed by atoms with Crippen molar-refractivity contribution < 1.29 is 4.74 Å². The highest BCUT2D eigenvalue weighted by Gasteiger charge is 2.03. The van der Waals surface area contributed by atoms with E-state index in [4.69, 9.17) is 10.5 Å². The van der Waals surface area contributed by atoms with Crippen LogP contribution in [-0.2, 0) is 6.42 Å². The predicted octanol–water partition coefficient (Wildman–Crippen LogP) is 3.92. The number of nitrogens with two attached hydrogens (primary N) is 1. The maximum Gasteiger partial charge on any atom is 0.146 e. The smallest absolute Gasteiger partial charge is 0.146 e. The molecule has 0 aliphatic rings. The summed E-state index contributed by atoms with van der Waals surface area (Å²) < 4.78 is 5.91. The van der Waals surface area contributed by atoms with Gasteiger partial charge in [0.25, 0.3) is 0 Å². The van der Waals surface area contributed by atoms with Crippen LogP contribution in [0.2, 0.25) is 0 Å². The average Bonchev–Trinajstić information content (AvgIpc) is 2.47. The molecule has 3 aromatic rings. The van der Waals surface area contributed by atoms with E-state index < -0.39 is 0 Å². The van der Waals surface area contributed by atoms with Gasteiger partial charge in [0.1, 0.15) is 11.5 Å². The standard InChI is InChI=1S/C18H18N2O/c1-13(19)9-14-5-4-7-16(10-14)21-17-11-15-6-2-3-8-18(15)20-12-17/h2-8,10-13H,9,19H2,1H3. The Morgan fingerprint density at radius 3 is 2.76 bits per heavy atom. The number of aromatic nitrogens is 1. The topological polar surface area (TPSA) is 48.1 Å². The Bertz CT molecular complexity index is 753. The number of nitrogens with zero attached hydrogens (tertiary/aromatic N) is 1. The van der Waals surface area contributed by atoms with Crippen LogP contribution < -0.4 is 10.5 Å². The van der Waals surface area contributed by atoms with E-state index in [0.29, 0.717) is 0 Å². The van der Waals surface area contributed by atoms with Gasteiger partial charge in [0.15, 0.2) is 0 Å². The zero-order valence-electron chi connectivity index (χ0n) is 12.0. The molecule has 0 amide bonds. The first-order valence-corrected chi connectivity index (χ1v) is 7.08. The van der Waals surface area contributed by atoms with Crippen LogP contribution in [0, 0.1) is 0 Å². The summed E-state index contributed by atoms with van der Waals surface area (Å²) in [4.78, 5) is 4.40. The van der Waals surface area contributed by atoms with Gasteiger partial charge in [0.2, 0.25) is 0 Å². The molecule has 0 fully saturated rings. The molecule has 3 rings (SSSR count). The summed E-state index contributed by atoms with van der Waals surface area (Å²) in [6.07, 6.45) is 2.59. The Labute approximate surface area is 124 Å². The van der Waals surface area contributed by atoms with E-state index in [1.807, 2.05) is 55.5 Å². The third kappa shape index (κ3) is 3.38. The molecule has 0 spiro atoms. The molecule has 0 aliphatic carbocycles. The first-order chi connectivity index (χ1) is 10.2. The molecule has 1 aromatic heterocycles. The van der Waals surface area contributed by atoms with Crippen molar-refractivity contribution in [3.8, 4) is 11.5 Å². The van der Waals surface area contributed by atoms with E-state index in [1.165, 1.54) is 5.56 Å². The second-order valence-corrected chi connectivity index (χ2v) is 5.29. The van der Waals surface area contributed by atoms with Crippen molar-refractivity contribution in [1.29, 1.82) is 0 Å². The van der Waals surface area contributed by atoms with Crippen LogP contribution >= 0.6 is 0 Å². The van der Waals surface area contributed by atoms with Crippen molar-refractivity contribution in [2.45, 2.75) is 19.4 Å². The molecule has 1 unspecified atom stereocenters. The molecule has 21 heavy (non-hydrogen) atoms. The number of rotatable bonds is 4. The van der Waals surface area contributed by atoms with Gasteiger partial charge in [-0.3, -0.25) is 4.98 Å². The minimum atomic E-state index is 0.141. The van der Waals surface area contributed by atoms with Gasteiger partial charge < -0.3 is 10.5 Å². The quantitative estimate of drug-likeness (QED) is 0.787. The van der Waals surface area contributed by atoms with Crippen LogP contribution in [0.5, 0.6) is 11.5 Å². The summed E-state index contributed by atoms with van der Waals surface area (Å²) in [5.74, 6) is 1.55. The molecule has 1 heterocycles. The van der Waals surface area contributed by atoms with Crippen LogP contribution in [0.4, 0.5) is 0 Å².